The minimum atomic E-state index is -0.825. The number of aryl methyl sites for hydroxylation is 1. The van der Waals surface area contributed by atoms with Crippen molar-refractivity contribution in [2.45, 2.75) is 20.4 Å². The van der Waals surface area contributed by atoms with Crippen molar-refractivity contribution in [2.24, 2.45) is 5.92 Å². The molecule has 14 heavy (non-hydrogen) atoms. The fourth-order valence-corrected chi connectivity index (χ4v) is 1.06. The number of aliphatic carboxylic acids is 1. The van der Waals surface area contributed by atoms with Crippen LogP contribution in [0.5, 0.6) is 0 Å². The molecular weight excluding hydrogens is 206 g/mol. The van der Waals surface area contributed by atoms with Crippen LogP contribution in [-0.2, 0) is 11.3 Å². The first-order valence-electron chi connectivity index (χ1n) is 4.03. The zero-order chi connectivity index (χ0) is 10.0. The van der Waals surface area contributed by atoms with Gasteiger partial charge in [0.15, 0.2) is 0 Å². The predicted octanol–water partition coefficient (Wildman–Crippen LogP) is 0.916. The van der Waals surface area contributed by atoms with Gasteiger partial charge in [-0.05, 0) is 6.92 Å². The normalized spacial score (nSPS) is 11.9. The van der Waals surface area contributed by atoms with E-state index in [9.17, 15) is 4.79 Å². The van der Waals surface area contributed by atoms with Gasteiger partial charge in [-0.15, -0.1) is 12.4 Å². The molecule has 1 aromatic heterocycles. The summed E-state index contributed by atoms with van der Waals surface area (Å²) in [7, 11) is 0. The molecule has 5 nitrogen and oxygen atoms in total. The third-order valence-electron chi connectivity index (χ3n) is 1.87. The van der Waals surface area contributed by atoms with E-state index in [2.05, 4.69) is 5.10 Å². The van der Waals surface area contributed by atoms with Crippen molar-refractivity contribution < 1.29 is 9.90 Å². The lowest BCUT2D eigenvalue weighted by atomic mass is 10.2. The Morgan fingerprint density at radius 2 is 2.36 bits per heavy atom. The lowest BCUT2D eigenvalue weighted by Gasteiger charge is -2.07. The van der Waals surface area contributed by atoms with Gasteiger partial charge in [0, 0.05) is 11.8 Å². The van der Waals surface area contributed by atoms with E-state index >= 15 is 0 Å². The van der Waals surface area contributed by atoms with Gasteiger partial charge in [-0.2, -0.15) is 5.10 Å². The second kappa shape index (κ2) is 4.85. The predicted molar refractivity (Wildman–Crippen MR) is 55.4 cm³/mol. The Kier molecular flexibility index (Phi) is 4.43. The zero-order valence-corrected chi connectivity index (χ0v) is 8.91. The van der Waals surface area contributed by atoms with E-state index in [1.165, 1.54) is 0 Å². The standard InChI is InChI=1S/C8H13N3O2.ClH/c1-5(8(12)13)4-11-6(2)3-7(9)10-11;/h3,5H,4H2,1-2H3,(H2,9,10)(H,12,13);1H. The number of carbonyl (C=O) groups is 1. The minimum absolute atomic E-state index is 0. The number of hydrogen-bond acceptors (Lipinski definition) is 3. The molecule has 1 atom stereocenters. The molecule has 1 aromatic rings. The highest BCUT2D eigenvalue weighted by Crippen LogP contribution is 2.07. The molecule has 0 fully saturated rings. The summed E-state index contributed by atoms with van der Waals surface area (Å²) in [4.78, 5) is 10.5. The molecule has 0 saturated heterocycles. The summed E-state index contributed by atoms with van der Waals surface area (Å²) in [6.45, 7) is 3.84. The first-order chi connectivity index (χ1) is 6.00. The van der Waals surface area contributed by atoms with E-state index < -0.39 is 11.9 Å². The van der Waals surface area contributed by atoms with Crippen molar-refractivity contribution in [3.8, 4) is 0 Å². The van der Waals surface area contributed by atoms with Crippen molar-refractivity contribution in [1.29, 1.82) is 0 Å². The number of nitrogens with zero attached hydrogens (tertiary/aromatic N) is 2. The maximum absolute atomic E-state index is 10.5. The summed E-state index contributed by atoms with van der Waals surface area (Å²) in [6, 6.07) is 1.72. The van der Waals surface area contributed by atoms with Gasteiger partial charge in [-0.3, -0.25) is 9.48 Å². The molecule has 0 saturated carbocycles. The summed E-state index contributed by atoms with van der Waals surface area (Å²) in [5.41, 5.74) is 6.33. The largest absolute Gasteiger partial charge is 0.481 e. The molecule has 0 aliphatic rings. The van der Waals surface area contributed by atoms with Gasteiger partial charge in [0.1, 0.15) is 5.82 Å². The maximum Gasteiger partial charge on any atom is 0.308 e. The van der Waals surface area contributed by atoms with Gasteiger partial charge < -0.3 is 10.8 Å². The van der Waals surface area contributed by atoms with Crippen LogP contribution < -0.4 is 5.73 Å². The lowest BCUT2D eigenvalue weighted by molar-refractivity contribution is -0.141. The third kappa shape index (κ3) is 2.92. The van der Waals surface area contributed by atoms with Crippen LogP contribution in [0.2, 0.25) is 0 Å². The fourth-order valence-electron chi connectivity index (χ4n) is 1.06. The van der Waals surface area contributed by atoms with Gasteiger partial charge in [-0.25, -0.2) is 0 Å². The summed E-state index contributed by atoms with van der Waals surface area (Å²) in [5.74, 6) is -0.846. The molecule has 0 bridgehead atoms. The second-order valence-electron chi connectivity index (χ2n) is 3.13. The quantitative estimate of drug-likeness (QED) is 0.792. The molecule has 0 aliphatic carbocycles. The number of nitrogen functional groups attached to an aromatic ring is 1. The molecule has 0 amide bonds. The molecule has 1 unspecified atom stereocenters. The maximum atomic E-state index is 10.5. The molecule has 0 radical (unpaired) electrons. The lowest BCUT2D eigenvalue weighted by Crippen LogP contribution is -2.18. The number of nitrogens with two attached hydrogens (primary N) is 1. The number of hydrogen-bond donors (Lipinski definition) is 2. The number of halogens is 1. The Bertz CT molecular complexity index is 324. The van der Waals surface area contributed by atoms with Gasteiger partial charge in [0.25, 0.3) is 0 Å². The fraction of sp³-hybridized carbons (Fsp3) is 0.500. The summed E-state index contributed by atoms with van der Waals surface area (Å²) >= 11 is 0. The Balaban J connectivity index is 0.00000169. The SMILES string of the molecule is Cc1cc(N)nn1CC(C)C(=O)O.Cl. The van der Waals surface area contributed by atoms with Crippen LogP contribution in [0.25, 0.3) is 0 Å². The first kappa shape index (κ1) is 12.8. The van der Waals surface area contributed by atoms with Crippen LogP contribution in [0, 0.1) is 12.8 Å². The van der Waals surface area contributed by atoms with Crippen molar-refractivity contribution in [3.63, 3.8) is 0 Å². The second-order valence-corrected chi connectivity index (χ2v) is 3.13. The number of rotatable bonds is 3. The first-order valence-corrected chi connectivity index (χ1v) is 4.03. The monoisotopic (exact) mass is 219 g/mol. The molecule has 6 heteroatoms. The van der Waals surface area contributed by atoms with Gasteiger partial charge in [0.2, 0.25) is 0 Å². The van der Waals surface area contributed by atoms with E-state index in [-0.39, 0.29) is 12.4 Å². The smallest absolute Gasteiger partial charge is 0.308 e. The van der Waals surface area contributed by atoms with Crippen LogP contribution in [-0.4, -0.2) is 20.9 Å². The average Bonchev–Trinajstić information content (AvgIpc) is 2.30. The highest BCUT2D eigenvalue weighted by atomic mass is 35.5. The molecule has 80 valence electrons. The van der Waals surface area contributed by atoms with Crippen molar-refractivity contribution in [1.82, 2.24) is 9.78 Å². The van der Waals surface area contributed by atoms with Crippen LogP contribution in [0.1, 0.15) is 12.6 Å². The third-order valence-corrected chi connectivity index (χ3v) is 1.87. The van der Waals surface area contributed by atoms with Crippen LogP contribution in [0.4, 0.5) is 5.82 Å². The molecule has 3 N–H and O–H groups in total. The number of aromatic nitrogens is 2. The number of carboxylic acid groups (broad SMARTS) is 1. The highest BCUT2D eigenvalue weighted by molar-refractivity contribution is 5.85. The Labute approximate surface area is 88.3 Å². The van der Waals surface area contributed by atoms with E-state index in [1.807, 2.05) is 6.92 Å². The Morgan fingerprint density at radius 1 is 1.79 bits per heavy atom. The molecule has 0 aliphatic heterocycles. The molecular formula is C8H14ClN3O2. The van der Waals surface area contributed by atoms with Crippen LogP contribution in [0.15, 0.2) is 6.07 Å². The van der Waals surface area contributed by atoms with Gasteiger partial charge in [-0.1, -0.05) is 6.92 Å². The van der Waals surface area contributed by atoms with Gasteiger partial charge >= 0.3 is 5.97 Å². The zero-order valence-electron chi connectivity index (χ0n) is 8.10. The molecule has 0 aromatic carbocycles. The Morgan fingerprint density at radius 3 is 2.71 bits per heavy atom. The molecule has 1 rings (SSSR count). The van der Waals surface area contributed by atoms with Crippen molar-refractivity contribution in [2.75, 3.05) is 5.73 Å². The Hall–Kier alpha value is -1.23. The highest BCUT2D eigenvalue weighted by Gasteiger charge is 2.13. The minimum Gasteiger partial charge on any atom is -0.481 e. The van der Waals surface area contributed by atoms with Crippen molar-refractivity contribution in [3.05, 3.63) is 11.8 Å². The van der Waals surface area contributed by atoms with Crippen LogP contribution >= 0.6 is 12.4 Å². The van der Waals surface area contributed by atoms with E-state index in [1.54, 1.807) is 17.7 Å². The topological polar surface area (TPSA) is 81.1 Å². The van der Waals surface area contributed by atoms with E-state index in [0.717, 1.165) is 5.69 Å². The molecule has 0 spiro atoms. The van der Waals surface area contributed by atoms with Gasteiger partial charge in [0.05, 0.1) is 12.5 Å². The summed E-state index contributed by atoms with van der Waals surface area (Å²) in [5, 5.41) is 12.6. The van der Waals surface area contributed by atoms with E-state index in [0.29, 0.717) is 12.4 Å². The number of anilines is 1. The van der Waals surface area contributed by atoms with E-state index in [4.69, 9.17) is 10.8 Å². The van der Waals surface area contributed by atoms with Crippen LogP contribution in [0.3, 0.4) is 0 Å². The summed E-state index contributed by atoms with van der Waals surface area (Å²) < 4.78 is 1.61. The number of carboxylic acids is 1. The van der Waals surface area contributed by atoms with Crippen molar-refractivity contribution >= 4 is 24.2 Å². The summed E-state index contributed by atoms with van der Waals surface area (Å²) in [6.07, 6.45) is 0. The molecule has 1 heterocycles. The average molecular weight is 220 g/mol.